The third-order valence-electron chi connectivity index (χ3n) is 2.65. The summed E-state index contributed by atoms with van der Waals surface area (Å²) in [4.78, 5) is 0. The fourth-order valence-electron chi connectivity index (χ4n) is 1.76. The Morgan fingerprint density at radius 2 is 2.00 bits per heavy atom. The van der Waals surface area contributed by atoms with E-state index in [1.54, 1.807) is 0 Å². The second-order valence-corrected chi connectivity index (χ2v) is 5.08. The van der Waals surface area contributed by atoms with Gasteiger partial charge in [-0.15, -0.1) is 0 Å². The molecule has 0 aromatic heterocycles. The molecule has 0 bridgehead atoms. The molecule has 2 nitrogen and oxygen atoms in total. The van der Waals surface area contributed by atoms with E-state index in [-0.39, 0.29) is 0 Å². The van der Waals surface area contributed by atoms with Crippen LogP contribution >= 0.6 is 15.9 Å². The lowest BCUT2D eigenvalue weighted by Crippen LogP contribution is -2.02. The van der Waals surface area contributed by atoms with Crippen molar-refractivity contribution < 1.29 is 4.74 Å². The molecule has 3 heteroatoms. The number of aryl methyl sites for hydroxylation is 1. The maximum atomic E-state index is 5.84. The number of ether oxygens (including phenoxy) is 1. The first-order chi connectivity index (χ1) is 8.69. The van der Waals surface area contributed by atoms with Crippen LogP contribution in [0.1, 0.15) is 11.1 Å². The average Bonchev–Trinajstić information content (AvgIpc) is 2.33. The molecule has 0 aliphatic carbocycles. The molecule has 0 radical (unpaired) electrons. The Bertz CT molecular complexity index is 540. The van der Waals surface area contributed by atoms with Crippen molar-refractivity contribution in [2.45, 2.75) is 13.3 Å². The second-order valence-electron chi connectivity index (χ2n) is 4.22. The van der Waals surface area contributed by atoms with Gasteiger partial charge in [0, 0.05) is 0 Å². The lowest BCUT2D eigenvalue weighted by atomic mass is 10.1. The summed E-state index contributed by atoms with van der Waals surface area (Å²) in [5, 5.41) is 0. The van der Waals surface area contributed by atoms with Gasteiger partial charge in [-0.25, -0.2) is 0 Å². The van der Waals surface area contributed by atoms with Gasteiger partial charge in [0.15, 0.2) is 0 Å². The lowest BCUT2D eigenvalue weighted by Gasteiger charge is -2.09. The van der Waals surface area contributed by atoms with Gasteiger partial charge < -0.3 is 10.5 Å². The third-order valence-corrected chi connectivity index (χ3v) is 3.27. The maximum Gasteiger partial charge on any atom is 0.141 e. The van der Waals surface area contributed by atoms with E-state index >= 15 is 0 Å². The van der Waals surface area contributed by atoms with E-state index in [1.807, 2.05) is 43.3 Å². The Labute approximate surface area is 116 Å². The van der Waals surface area contributed by atoms with Crippen LogP contribution < -0.4 is 10.5 Å². The molecular weight excluding hydrogens is 290 g/mol. The molecule has 0 saturated heterocycles. The highest BCUT2D eigenvalue weighted by atomic mass is 79.9. The number of rotatable bonds is 4. The van der Waals surface area contributed by atoms with Gasteiger partial charge >= 0.3 is 0 Å². The molecule has 0 amide bonds. The Balaban J connectivity index is 2.19. The van der Waals surface area contributed by atoms with Crippen molar-refractivity contribution in [3.63, 3.8) is 0 Å². The predicted molar refractivity (Wildman–Crippen MR) is 78.2 cm³/mol. The molecule has 2 aromatic rings. The normalized spacial score (nSPS) is 10.4. The fourth-order valence-corrected chi connectivity index (χ4v) is 2.26. The van der Waals surface area contributed by atoms with Crippen LogP contribution in [0.15, 0.2) is 46.9 Å². The maximum absolute atomic E-state index is 5.84. The topological polar surface area (TPSA) is 35.2 Å². The van der Waals surface area contributed by atoms with Crippen LogP contribution in [-0.4, -0.2) is 6.54 Å². The Morgan fingerprint density at radius 3 is 2.67 bits per heavy atom. The van der Waals surface area contributed by atoms with E-state index in [4.69, 9.17) is 10.5 Å². The summed E-state index contributed by atoms with van der Waals surface area (Å²) in [5.74, 6) is 1.67. The van der Waals surface area contributed by atoms with Crippen LogP contribution in [0, 0.1) is 6.92 Å². The molecule has 0 fully saturated rings. The molecule has 2 N–H and O–H groups in total. The monoisotopic (exact) mass is 305 g/mol. The first kappa shape index (κ1) is 13.1. The van der Waals surface area contributed by atoms with Crippen molar-refractivity contribution in [1.82, 2.24) is 0 Å². The standard InChI is InChI=1S/C15H16BrNO/c1-11-3-2-4-13(9-11)18-15-6-5-12(7-8-17)10-14(15)16/h2-6,9-10H,7-8,17H2,1H3. The number of hydrogen-bond donors (Lipinski definition) is 1. The molecule has 0 unspecified atom stereocenters. The molecule has 0 saturated carbocycles. The Morgan fingerprint density at radius 1 is 1.17 bits per heavy atom. The van der Waals surface area contributed by atoms with Gasteiger partial charge in [0.2, 0.25) is 0 Å². The molecule has 94 valence electrons. The first-order valence-electron chi connectivity index (χ1n) is 5.92. The van der Waals surface area contributed by atoms with Gasteiger partial charge in [-0.1, -0.05) is 18.2 Å². The summed E-state index contributed by atoms with van der Waals surface area (Å²) in [5.41, 5.74) is 7.94. The summed E-state index contributed by atoms with van der Waals surface area (Å²) in [6.07, 6.45) is 0.878. The summed E-state index contributed by atoms with van der Waals surface area (Å²) >= 11 is 3.53. The van der Waals surface area contributed by atoms with Crippen molar-refractivity contribution >= 4 is 15.9 Å². The van der Waals surface area contributed by atoms with Crippen LogP contribution in [0.25, 0.3) is 0 Å². The van der Waals surface area contributed by atoms with E-state index in [9.17, 15) is 0 Å². The zero-order valence-corrected chi connectivity index (χ0v) is 11.9. The van der Waals surface area contributed by atoms with Gasteiger partial charge in [0.05, 0.1) is 4.47 Å². The van der Waals surface area contributed by atoms with E-state index in [2.05, 4.69) is 22.0 Å². The fraction of sp³-hybridized carbons (Fsp3) is 0.200. The van der Waals surface area contributed by atoms with E-state index in [0.29, 0.717) is 6.54 Å². The minimum Gasteiger partial charge on any atom is -0.456 e. The number of halogens is 1. The quantitative estimate of drug-likeness (QED) is 0.925. The van der Waals surface area contributed by atoms with Crippen LogP contribution in [0.5, 0.6) is 11.5 Å². The van der Waals surface area contributed by atoms with Crippen LogP contribution in [0.2, 0.25) is 0 Å². The van der Waals surface area contributed by atoms with Crippen molar-refractivity contribution in [3.05, 3.63) is 58.1 Å². The molecular formula is C15H16BrNO. The van der Waals surface area contributed by atoms with E-state index < -0.39 is 0 Å². The van der Waals surface area contributed by atoms with Crippen molar-refractivity contribution in [3.8, 4) is 11.5 Å². The largest absolute Gasteiger partial charge is 0.456 e. The molecule has 0 aliphatic rings. The van der Waals surface area contributed by atoms with E-state index in [1.165, 1.54) is 11.1 Å². The molecule has 0 atom stereocenters. The third kappa shape index (κ3) is 3.34. The molecule has 2 aromatic carbocycles. The number of nitrogens with two attached hydrogens (primary N) is 1. The van der Waals surface area contributed by atoms with Crippen molar-refractivity contribution in [1.29, 1.82) is 0 Å². The van der Waals surface area contributed by atoms with Gasteiger partial charge in [0.1, 0.15) is 11.5 Å². The SMILES string of the molecule is Cc1cccc(Oc2ccc(CCN)cc2Br)c1. The van der Waals surface area contributed by atoms with Crippen LogP contribution in [0.4, 0.5) is 0 Å². The zero-order chi connectivity index (χ0) is 13.0. The van der Waals surface area contributed by atoms with E-state index in [0.717, 1.165) is 22.4 Å². The molecule has 18 heavy (non-hydrogen) atoms. The second kappa shape index (κ2) is 6.03. The Hall–Kier alpha value is -1.32. The minimum atomic E-state index is 0.657. The summed E-state index contributed by atoms with van der Waals surface area (Å²) in [6.45, 7) is 2.71. The highest BCUT2D eigenvalue weighted by Crippen LogP contribution is 2.30. The Kier molecular flexibility index (Phi) is 4.39. The van der Waals surface area contributed by atoms with Crippen molar-refractivity contribution in [2.24, 2.45) is 5.73 Å². The highest BCUT2D eigenvalue weighted by molar-refractivity contribution is 9.10. The van der Waals surface area contributed by atoms with Crippen molar-refractivity contribution in [2.75, 3.05) is 6.54 Å². The smallest absolute Gasteiger partial charge is 0.141 e. The summed E-state index contributed by atoms with van der Waals surface area (Å²) in [6, 6.07) is 14.1. The molecule has 0 aliphatic heterocycles. The molecule has 0 spiro atoms. The number of benzene rings is 2. The minimum absolute atomic E-state index is 0.657. The predicted octanol–water partition coefficient (Wildman–Crippen LogP) is 4.05. The highest BCUT2D eigenvalue weighted by Gasteiger charge is 2.04. The molecule has 0 heterocycles. The summed E-state index contributed by atoms with van der Waals surface area (Å²) < 4.78 is 6.80. The van der Waals surface area contributed by atoms with Crippen LogP contribution in [-0.2, 0) is 6.42 Å². The lowest BCUT2D eigenvalue weighted by molar-refractivity contribution is 0.479. The number of hydrogen-bond acceptors (Lipinski definition) is 2. The summed E-state index contributed by atoms with van der Waals surface area (Å²) in [7, 11) is 0. The zero-order valence-electron chi connectivity index (χ0n) is 10.3. The average molecular weight is 306 g/mol. The van der Waals surface area contributed by atoms with Gasteiger partial charge in [-0.05, 0) is 71.2 Å². The van der Waals surface area contributed by atoms with Gasteiger partial charge in [-0.2, -0.15) is 0 Å². The van der Waals surface area contributed by atoms with Crippen LogP contribution in [0.3, 0.4) is 0 Å². The molecule has 2 rings (SSSR count). The van der Waals surface area contributed by atoms with Gasteiger partial charge in [0.25, 0.3) is 0 Å². The van der Waals surface area contributed by atoms with Gasteiger partial charge in [-0.3, -0.25) is 0 Å². The first-order valence-corrected chi connectivity index (χ1v) is 6.71.